The minimum absolute atomic E-state index is 0.0760. The van der Waals surface area contributed by atoms with Gasteiger partial charge in [0.1, 0.15) is 5.75 Å². The van der Waals surface area contributed by atoms with Gasteiger partial charge in [0.25, 0.3) is 0 Å². The molecule has 0 saturated heterocycles. The number of hydrogen-bond donors (Lipinski definition) is 1. The second-order valence-electron chi connectivity index (χ2n) is 11.1. The Hall–Kier alpha value is -1.58. The van der Waals surface area contributed by atoms with Gasteiger partial charge >= 0.3 is 33.4 Å². The highest BCUT2D eigenvalue weighted by Gasteiger charge is 2.86. The topological polar surface area (TPSA) is 82.1 Å². The molecule has 0 amide bonds. The van der Waals surface area contributed by atoms with E-state index in [9.17, 15) is 44.3 Å². The van der Waals surface area contributed by atoms with Crippen molar-refractivity contribution >= 4 is 88.2 Å². The number of fused-ring (bicyclic) bond motifs is 3. The van der Waals surface area contributed by atoms with Crippen LogP contribution in [0, 0.1) is 3.57 Å². The lowest BCUT2D eigenvalue weighted by Crippen LogP contribution is -2.63. The van der Waals surface area contributed by atoms with Crippen LogP contribution in [0.1, 0.15) is 11.1 Å². The summed E-state index contributed by atoms with van der Waals surface area (Å²) in [5, 5.41) is 2.90. The fourth-order valence-electron chi connectivity index (χ4n) is 5.53. The van der Waals surface area contributed by atoms with Crippen LogP contribution in [0.4, 0.5) is 39.5 Å². The van der Waals surface area contributed by atoms with Gasteiger partial charge in [-0.2, -0.15) is 47.9 Å². The molecular formula is C33H24F9I3O6S2. The second-order valence-corrected chi connectivity index (χ2v) is 19.0. The number of halogens is 12. The molecule has 4 aromatic rings. The second kappa shape index (κ2) is 15.4. The summed E-state index contributed by atoms with van der Waals surface area (Å²) in [6, 6.07) is 20.8. The summed E-state index contributed by atoms with van der Waals surface area (Å²) in [7, 11) is -11.5. The van der Waals surface area contributed by atoms with Crippen molar-refractivity contribution in [1.82, 2.24) is 0 Å². The Kier molecular flexibility index (Phi) is 12.4. The molecule has 1 aliphatic heterocycles. The molecule has 53 heavy (non-hydrogen) atoms. The van der Waals surface area contributed by atoms with Crippen LogP contribution in [0.3, 0.4) is 0 Å². The molecule has 0 aliphatic carbocycles. The molecule has 1 N–H and O–H groups in total. The van der Waals surface area contributed by atoms with Crippen LogP contribution >= 0.6 is 78.1 Å². The lowest BCUT2D eigenvalue weighted by atomic mass is 9.93. The number of ether oxygens (including phenoxy) is 2. The van der Waals surface area contributed by atoms with Gasteiger partial charge in [0.15, 0.2) is 0 Å². The maximum atomic E-state index is 15.4. The Labute approximate surface area is 339 Å². The largest absolute Gasteiger partial charge is 0.508 e. The summed E-state index contributed by atoms with van der Waals surface area (Å²) in [5.41, 5.74) is 0.926. The van der Waals surface area contributed by atoms with E-state index in [2.05, 4.69) is 45.2 Å². The van der Waals surface area contributed by atoms with Gasteiger partial charge in [-0.25, -0.2) is 3.63 Å². The molecule has 0 aromatic heterocycles. The molecule has 1 heterocycles. The first kappa shape index (κ1) is 42.6. The van der Waals surface area contributed by atoms with E-state index in [0.29, 0.717) is 18.0 Å². The van der Waals surface area contributed by atoms with Crippen molar-refractivity contribution in [2.24, 2.45) is 0 Å². The first-order valence-corrected chi connectivity index (χ1v) is 21.9. The number of phenols is 1. The van der Waals surface area contributed by atoms with Crippen molar-refractivity contribution in [3.05, 3.63) is 106 Å². The maximum Gasteiger partial charge on any atom is 0.460 e. The number of benzene rings is 4. The predicted octanol–water partition coefficient (Wildman–Crippen LogP) is 11.1. The molecule has 5 rings (SSSR count). The normalized spacial score (nSPS) is 18.0. The molecule has 0 fully saturated rings. The number of alkyl halides is 11. The molecule has 0 spiro atoms. The highest BCUT2D eigenvalue weighted by molar-refractivity contribution is 14.1. The number of rotatable bonds is 14. The molecule has 0 radical (unpaired) electrons. The molecule has 0 saturated carbocycles. The van der Waals surface area contributed by atoms with E-state index < -0.39 is 49.5 Å². The average molecular weight is 1130 g/mol. The van der Waals surface area contributed by atoms with Crippen molar-refractivity contribution in [2.45, 2.75) is 43.7 Å². The molecule has 1 aliphatic rings. The third kappa shape index (κ3) is 7.17. The quantitative estimate of drug-likeness (QED) is 0.0586. The Bertz CT molecular complexity index is 2060. The van der Waals surface area contributed by atoms with E-state index in [1.165, 1.54) is 91.0 Å². The standard InChI is InChI=1S/C33H24F9I3O6S2/c34-30(35,32(38,39)40)31(36,37)33(41,42)53(47,48)51-52(24-12-8-22(45)9-13-24)27-4-2-1-3-25(27)26-19-21(7-14-28(26)52)29(49-17-15-43,50-18-16-44)20-5-10-23(46)11-6-20/h1-14,19,46H,15-18H2. The van der Waals surface area contributed by atoms with Gasteiger partial charge < -0.3 is 14.6 Å². The summed E-state index contributed by atoms with van der Waals surface area (Å²) in [6.45, 7) is 0.253. The predicted molar refractivity (Wildman–Crippen MR) is 203 cm³/mol. The first-order valence-electron chi connectivity index (χ1n) is 14.8. The molecule has 1 unspecified atom stereocenters. The highest BCUT2D eigenvalue weighted by Crippen LogP contribution is 2.78. The van der Waals surface area contributed by atoms with Crippen LogP contribution in [-0.4, -0.2) is 58.9 Å². The fraction of sp³-hybridized carbons (Fsp3) is 0.273. The summed E-state index contributed by atoms with van der Waals surface area (Å²) < 4.78 is 173. The Morgan fingerprint density at radius 1 is 0.660 bits per heavy atom. The summed E-state index contributed by atoms with van der Waals surface area (Å²) >= 11 is 6.01. The highest BCUT2D eigenvalue weighted by atomic mass is 127. The number of phenolic OH excluding ortho intramolecular Hbond substituents is 1. The SMILES string of the molecule is O=S(=O)(OS1(c2ccc(I)cc2)c2ccccc2-c2cc(C(OCCI)(OCCI)c3ccc(O)cc3)ccc21)C(F)(F)C(F)(F)C(F)(F)C(F)(F)F. The molecule has 0 bridgehead atoms. The third-order valence-electron chi connectivity index (χ3n) is 7.94. The smallest absolute Gasteiger partial charge is 0.460 e. The van der Waals surface area contributed by atoms with Crippen LogP contribution in [0.2, 0.25) is 0 Å². The zero-order valence-corrected chi connectivity index (χ0v) is 34.4. The first-order chi connectivity index (χ1) is 24.6. The summed E-state index contributed by atoms with van der Waals surface area (Å²) in [6.07, 6.45) is -7.26. The lowest BCUT2D eigenvalue weighted by molar-refractivity contribution is -0.382. The van der Waals surface area contributed by atoms with E-state index in [-0.39, 0.29) is 50.3 Å². The van der Waals surface area contributed by atoms with Crippen molar-refractivity contribution in [3.8, 4) is 16.9 Å². The lowest BCUT2D eigenvalue weighted by Gasteiger charge is -2.40. The number of hydrogen-bond acceptors (Lipinski definition) is 6. The molecule has 1 atom stereocenters. The van der Waals surface area contributed by atoms with Gasteiger partial charge in [0.05, 0.1) is 13.2 Å². The Balaban J connectivity index is 1.81. The molecule has 6 nitrogen and oxygen atoms in total. The summed E-state index contributed by atoms with van der Waals surface area (Å²) in [5.74, 6) is -16.8. The number of aromatic hydroxyl groups is 1. The van der Waals surface area contributed by atoms with Crippen LogP contribution in [-0.2, 0) is 29.0 Å². The van der Waals surface area contributed by atoms with Crippen LogP contribution in [0.15, 0.2) is 106 Å². The van der Waals surface area contributed by atoms with Crippen LogP contribution in [0.25, 0.3) is 11.1 Å². The van der Waals surface area contributed by atoms with E-state index in [4.69, 9.17) is 13.1 Å². The van der Waals surface area contributed by atoms with Gasteiger partial charge in [-0.3, -0.25) is 0 Å². The van der Waals surface area contributed by atoms with Gasteiger partial charge in [0, 0.05) is 38.2 Å². The molecule has 20 heteroatoms. The zero-order chi connectivity index (χ0) is 39.3. The Morgan fingerprint density at radius 2 is 1.19 bits per heavy atom. The van der Waals surface area contributed by atoms with Crippen molar-refractivity contribution in [3.63, 3.8) is 0 Å². The van der Waals surface area contributed by atoms with Gasteiger partial charge in [-0.1, -0.05) is 69.4 Å². The van der Waals surface area contributed by atoms with Crippen molar-refractivity contribution < 1.29 is 66.1 Å². The molecule has 288 valence electrons. The van der Waals surface area contributed by atoms with Gasteiger partial charge in [-0.15, -0.1) is 0 Å². The maximum absolute atomic E-state index is 15.4. The van der Waals surface area contributed by atoms with Crippen molar-refractivity contribution in [2.75, 3.05) is 22.1 Å². The fourth-order valence-corrected chi connectivity index (χ4v) is 11.8. The summed E-state index contributed by atoms with van der Waals surface area (Å²) in [4.78, 5) is -0.527. The van der Waals surface area contributed by atoms with Crippen LogP contribution < -0.4 is 0 Å². The monoisotopic (exact) mass is 1130 g/mol. The minimum Gasteiger partial charge on any atom is -0.508 e. The average Bonchev–Trinajstić information content (AvgIpc) is 3.37. The van der Waals surface area contributed by atoms with E-state index in [0.717, 1.165) is 0 Å². The van der Waals surface area contributed by atoms with Gasteiger partial charge in [0.2, 0.25) is 5.79 Å². The molecule has 4 aromatic carbocycles. The van der Waals surface area contributed by atoms with Crippen molar-refractivity contribution in [1.29, 1.82) is 0 Å². The third-order valence-corrected chi connectivity index (χ3v) is 14.8. The molecular weight excluding hydrogens is 1110 g/mol. The van der Waals surface area contributed by atoms with Crippen LogP contribution in [0.5, 0.6) is 5.75 Å². The minimum atomic E-state index is -7.51. The zero-order valence-electron chi connectivity index (χ0n) is 26.3. The van der Waals surface area contributed by atoms with E-state index in [1.54, 1.807) is 0 Å². The van der Waals surface area contributed by atoms with E-state index in [1.807, 2.05) is 22.6 Å². The van der Waals surface area contributed by atoms with Gasteiger partial charge in [-0.05, 0) is 111 Å². The Morgan fingerprint density at radius 3 is 1.74 bits per heavy atom. The van der Waals surface area contributed by atoms with E-state index >= 15 is 8.78 Å².